The summed E-state index contributed by atoms with van der Waals surface area (Å²) in [6.45, 7) is 2.94. The van der Waals surface area contributed by atoms with E-state index >= 15 is 0 Å². The van der Waals surface area contributed by atoms with Crippen molar-refractivity contribution in [3.05, 3.63) is 11.6 Å². The van der Waals surface area contributed by atoms with Gasteiger partial charge in [-0.25, -0.2) is 9.67 Å². The summed E-state index contributed by atoms with van der Waals surface area (Å²) in [5.41, 5.74) is 0. The van der Waals surface area contributed by atoms with Crippen molar-refractivity contribution in [2.75, 3.05) is 27.3 Å². The van der Waals surface area contributed by atoms with Gasteiger partial charge in [-0.15, -0.1) is 0 Å². The predicted molar refractivity (Wildman–Crippen MR) is 90.9 cm³/mol. The first-order valence-corrected chi connectivity index (χ1v) is 8.79. The largest absolute Gasteiger partial charge is 0.377 e. The topological polar surface area (TPSA) is 85.6 Å². The van der Waals surface area contributed by atoms with Crippen molar-refractivity contribution in [1.82, 2.24) is 25.4 Å². The SMILES string of the molecule is CN=C(NCC1CCCCO1)NC1CCc2nc(COC)nn2C1. The van der Waals surface area contributed by atoms with Gasteiger partial charge in [0.1, 0.15) is 12.4 Å². The molecule has 24 heavy (non-hydrogen) atoms. The number of aliphatic imine (C=N–C) groups is 1. The molecular weight excluding hydrogens is 308 g/mol. The van der Waals surface area contributed by atoms with Gasteiger partial charge in [0.2, 0.25) is 0 Å². The number of guanidine groups is 1. The second kappa shape index (κ2) is 8.43. The van der Waals surface area contributed by atoms with Crippen molar-refractivity contribution in [1.29, 1.82) is 0 Å². The molecule has 0 radical (unpaired) electrons. The van der Waals surface area contributed by atoms with Crippen LogP contribution in [0.15, 0.2) is 4.99 Å². The number of aryl methyl sites for hydroxylation is 1. The van der Waals surface area contributed by atoms with Crippen LogP contribution in [0.5, 0.6) is 0 Å². The van der Waals surface area contributed by atoms with Gasteiger partial charge in [0.25, 0.3) is 0 Å². The van der Waals surface area contributed by atoms with Gasteiger partial charge in [0.05, 0.1) is 12.6 Å². The predicted octanol–water partition coefficient (Wildman–Crippen LogP) is 0.473. The quantitative estimate of drug-likeness (QED) is 0.601. The van der Waals surface area contributed by atoms with E-state index in [2.05, 4.69) is 25.7 Å². The lowest BCUT2D eigenvalue weighted by Crippen LogP contribution is -2.49. The van der Waals surface area contributed by atoms with E-state index in [0.29, 0.717) is 18.8 Å². The smallest absolute Gasteiger partial charge is 0.191 e. The third-order valence-electron chi connectivity index (χ3n) is 4.51. The normalized spacial score (nSPS) is 24.5. The minimum absolute atomic E-state index is 0.294. The van der Waals surface area contributed by atoms with E-state index in [0.717, 1.165) is 56.6 Å². The zero-order chi connectivity index (χ0) is 16.8. The Hall–Kier alpha value is -1.67. The Morgan fingerprint density at radius 1 is 1.42 bits per heavy atom. The first-order valence-electron chi connectivity index (χ1n) is 8.79. The molecule has 0 amide bonds. The molecule has 8 heteroatoms. The molecule has 2 aliphatic heterocycles. The van der Waals surface area contributed by atoms with Crippen LogP contribution in [-0.4, -0.2) is 60.2 Å². The molecule has 2 unspecified atom stereocenters. The van der Waals surface area contributed by atoms with Crippen LogP contribution >= 0.6 is 0 Å². The fraction of sp³-hybridized carbons (Fsp3) is 0.812. The Kier molecular flexibility index (Phi) is 6.03. The van der Waals surface area contributed by atoms with Gasteiger partial charge < -0.3 is 20.1 Å². The lowest BCUT2D eigenvalue weighted by molar-refractivity contribution is 0.0194. The van der Waals surface area contributed by atoms with Crippen molar-refractivity contribution in [2.24, 2.45) is 4.99 Å². The number of ether oxygens (including phenoxy) is 2. The van der Waals surface area contributed by atoms with Crippen LogP contribution in [0.1, 0.15) is 37.3 Å². The van der Waals surface area contributed by atoms with Crippen molar-refractivity contribution in [3.8, 4) is 0 Å². The van der Waals surface area contributed by atoms with E-state index in [4.69, 9.17) is 9.47 Å². The summed E-state index contributed by atoms with van der Waals surface area (Å²) in [5.74, 6) is 2.62. The summed E-state index contributed by atoms with van der Waals surface area (Å²) in [6.07, 6.45) is 5.78. The first-order chi connectivity index (χ1) is 11.8. The van der Waals surface area contributed by atoms with Crippen molar-refractivity contribution in [2.45, 2.75) is 57.4 Å². The van der Waals surface area contributed by atoms with E-state index in [-0.39, 0.29) is 0 Å². The van der Waals surface area contributed by atoms with Crippen LogP contribution in [0.25, 0.3) is 0 Å². The molecule has 0 aromatic carbocycles. The Bertz CT molecular complexity index is 553. The molecule has 0 aliphatic carbocycles. The second-order valence-corrected chi connectivity index (χ2v) is 6.38. The Labute approximate surface area is 143 Å². The zero-order valence-electron chi connectivity index (χ0n) is 14.6. The lowest BCUT2D eigenvalue weighted by Gasteiger charge is -2.27. The number of hydrogen-bond donors (Lipinski definition) is 2. The second-order valence-electron chi connectivity index (χ2n) is 6.38. The minimum Gasteiger partial charge on any atom is -0.377 e. The fourth-order valence-electron chi connectivity index (χ4n) is 3.24. The average molecular weight is 336 g/mol. The molecule has 3 heterocycles. The summed E-state index contributed by atoms with van der Waals surface area (Å²) < 4.78 is 12.8. The lowest BCUT2D eigenvalue weighted by atomic mass is 10.1. The molecule has 2 atom stereocenters. The maximum Gasteiger partial charge on any atom is 0.191 e. The third-order valence-corrected chi connectivity index (χ3v) is 4.51. The summed E-state index contributed by atoms with van der Waals surface area (Å²) in [7, 11) is 3.47. The van der Waals surface area contributed by atoms with E-state index < -0.39 is 0 Å². The molecule has 134 valence electrons. The number of nitrogens with zero attached hydrogens (tertiary/aromatic N) is 4. The summed E-state index contributed by atoms with van der Waals surface area (Å²) in [6, 6.07) is 0.299. The number of fused-ring (bicyclic) bond motifs is 1. The zero-order valence-corrected chi connectivity index (χ0v) is 14.6. The third kappa shape index (κ3) is 4.45. The van der Waals surface area contributed by atoms with Crippen molar-refractivity contribution < 1.29 is 9.47 Å². The van der Waals surface area contributed by atoms with Crippen molar-refractivity contribution >= 4 is 5.96 Å². The molecule has 0 spiro atoms. The van der Waals surface area contributed by atoms with Crippen LogP contribution < -0.4 is 10.6 Å². The molecule has 8 nitrogen and oxygen atoms in total. The number of methoxy groups -OCH3 is 1. The molecule has 0 bridgehead atoms. The summed E-state index contributed by atoms with van der Waals surface area (Å²) in [5, 5.41) is 11.4. The number of rotatable bonds is 5. The van der Waals surface area contributed by atoms with E-state index in [1.54, 1.807) is 14.2 Å². The van der Waals surface area contributed by atoms with Gasteiger partial charge in [-0.05, 0) is 25.7 Å². The molecular formula is C16H28N6O2. The van der Waals surface area contributed by atoms with E-state index in [9.17, 15) is 0 Å². The molecule has 2 N–H and O–H groups in total. The highest BCUT2D eigenvalue weighted by Crippen LogP contribution is 2.14. The average Bonchev–Trinajstić information content (AvgIpc) is 3.01. The maximum absolute atomic E-state index is 5.76. The Morgan fingerprint density at radius 2 is 2.33 bits per heavy atom. The molecule has 1 fully saturated rings. The fourth-order valence-corrected chi connectivity index (χ4v) is 3.24. The van der Waals surface area contributed by atoms with Crippen LogP contribution in [0.4, 0.5) is 0 Å². The molecule has 0 saturated carbocycles. The Balaban J connectivity index is 1.49. The molecule has 1 aromatic rings. The van der Waals surface area contributed by atoms with Gasteiger partial charge in [-0.2, -0.15) is 5.10 Å². The van der Waals surface area contributed by atoms with E-state index in [1.807, 2.05) is 4.68 Å². The van der Waals surface area contributed by atoms with Gasteiger partial charge in [0.15, 0.2) is 11.8 Å². The summed E-state index contributed by atoms with van der Waals surface area (Å²) >= 11 is 0. The van der Waals surface area contributed by atoms with Crippen LogP contribution in [-0.2, 0) is 29.0 Å². The van der Waals surface area contributed by atoms with Gasteiger partial charge in [-0.3, -0.25) is 4.99 Å². The van der Waals surface area contributed by atoms with Gasteiger partial charge in [0, 0.05) is 39.8 Å². The highest BCUT2D eigenvalue weighted by Gasteiger charge is 2.22. The highest BCUT2D eigenvalue weighted by molar-refractivity contribution is 5.80. The molecule has 1 saturated heterocycles. The highest BCUT2D eigenvalue weighted by atomic mass is 16.5. The molecule has 1 aromatic heterocycles. The summed E-state index contributed by atoms with van der Waals surface area (Å²) in [4.78, 5) is 8.84. The number of hydrogen-bond acceptors (Lipinski definition) is 5. The standard InChI is InChI=1S/C16H28N6O2/c1-17-16(18-9-13-5-3-4-8-24-13)19-12-6-7-15-20-14(11-23-2)21-22(15)10-12/h12-13H,3-11H2,1-2H3,(H2,17,18,19). The van der Waals surface area contributed by atoms with Crippen LogP contribution in [0, 0.1) is 0 Å². The number of nitrogens with one attached hydrogen (secondary N) is 2. The van der Waals surface area contributed by atoms with Crippen molar-refractivity contribution in [3.63, 3.8) is 0 Å². The first kappa shape index (κ1) is 17.2. The monoisotopic (exact) mass is 336 g/mol. The van der Waals surface area contributed by atoms with Gasteiger partial charge >= 0.3 is 0 Å². The van der Waals surface area contributed by atoms with Crippen LogP contribution in [0.2, 0.25) is 0 Å². The number of aromatic nitrogens is 3. The van der Waals surface area contributed by atoms with Gasteiger partial charge in [-0.1, -0.05) is 0 Å². The van der Waals surface area contributed by atoms with Crippen LogP contribution in [0.3, 0.4) is 0 Å². The molecule has 2 aliphatic rings. The van der Waals surface area contributed by atoms with E-state index in [1.165, 1.54) is 12.8 Å². The maximum atomic E-state index is 5.76. The molecule has 3 rings (SSSR count). The minimum atomic E-state index is 0.294. The Morgan fingerprint density at radius 3 is 3.08 bits per heavy atom.